The number of nitro benzene ring substituents is 1. The largest absolute Gasteiger partial charge is 0.481 e. The lowest BCUT2D eigenvalue weighted by atomic mass is 9.98. The summed E-state index contributed by atoms with van der Waals surface area (Å²) in [5.74, 6) is -3.40. The van der Waals surface area contributed by atoms with Gasteiger partial charge < -0.3 is 10.8 Å². The molecule has 86 valence electrons. The normalized spacial score (nSPS) is 12.1. The number of hydrogen-bond donors (Lipinski definition) is 2. The molecule has 1 aromatic carbocycles. The van der Waals surface area contributed by atoms with Gasteiger partial charge in [-0.2, -0.15) is 0 Å². The molecule has 6 nitrogen and oxygen atoms in total. The quantitative estimate of drug-likeness (QED) is 0.587. The molecule has 1 rings (SSSR count). The Morgan fingerprint density at radius 1 is 1.62 bits per heavy atom. The number of nitrogens with zero attached hydrogens (tertiary/aromatic N) is 1. The number of benzene rings is 1. The summed E-state index contributed by atoms with van der Waals surface area (Å²) in [7, 11) is 0. The van der Waals surface area contributed by atoms with Crippen molar-refractivity contribution in [3.05, 3.63) is 39.7 Å². The molecule has 0 aliphatic heterocycles. The van der Waals surface area contributed by atoms with Crippen molar-refractivity contribution in [2.24, 2.45) is 5.73 Å². The van der Waals surface area contributed by atoms with Crippen LogP contribution >= 0.6 is 0 Å². The molecule has 0 aliphatic carbocycles. The molecular formula is C9H9FN2O4. The van der Waals surface area contributed by atoms with Crippen molar-refractivity contribution in [1.29, 1.82) is 0 Å². The molecule has 16 heavy (non-hydrogen) atoms. The van der Waals surface area contributed by atoms with E-state index in [-0.39, 0.29) is 12.1 Å². The van der Waals surface area contributed by atoms with Gasteiger partial charge in [-0.05, 0) is 6.07 Å². The van der Waals surface area contributed by atoms with Gasteiger partial charge in [-0.15, -0.1) is 0 Å². The van der Waals surface area contributed by atoms with Crippen molar-refractivity contribution in [3.63, 3.8) is 0 Å². The number of carboxylic acid groups (broad SMARTS) is 1. The molecule has 0 heterocycles. The molecule has 0 spiro atoms. The SMILES string of the molecule is NCC(C(=O)O)c1ccc([N+](=O)[O-])cc1F. The molecule has 0 radical (unpaired) electrons. The van der Waals surface area contributed by atoms with E-state index < -0.39 is 28.3 Å². The molecule has 0 fully saturated rings. The van der Waals surface area contributed by atoms with E-state index in [9.17, 15) is 19.3 Å². The lowest BCUT2D eigenvalue weighted by molar-refractivity contribution is -0.385. The number of aliphatic carboxylic acids is 1. The summed E-state index contributed by atoms with van der Waals surface area (Å²) in [5, 5.41) is 19.1. The minimum absolute atomic E-state index is 0.152. The van der Waals surface area contributed by atoms with Crippen LogP contribution in [0.1, 0.15) is 11.5 Å². The van der Waals surface area contributed by atoms with Crippen molar-refractivity contribution in [1.82, 2.24) is 0 Å². The van der Waals surface area contributed by atoms with Crippen LogP contribution in [0.15, 0.2) is 18.2 Å². The fourth-order valence-electron chi connectivity index (χ4n) is 1.27. The zero-order chi connectivity index (χ0) is 12.3. The number of nitrogens with two attached hydrogens (primary N) is 1. The highest BCUT2D eigenvalue weighted by Crippen LogP contribution is 2.23. The van der Waals surface area contributed by atoms with Gasteiger partial charge in [0.15, 0.2) is 0 Å². The predicted octanol–water partition coefficient (Wildman–Crippen LogP) is 0.861. The summed E-state index contributed by atoms with van der Waals surface area (Å²) < 4.78 is 13.4. The zero-order valence-corrected chi connectivity index (χ0v) is 8.09. The Bertz CT molecular complexity index is 436. The minimum atomic E-state index is -1.27. The molecule has 1 unspecified atom stereocenters. The number of non-ortho nitro benzene ring substituents is 1. The summed E-state index contributed by atoms with van der Waals surface area (Å²) in [6.45, 7) is -0.274. The van der Waals surface area contributed by atoms with Gasteiger partial charge in [0.05, 0.1) is 16.9 Å². The number of hydrogen-bond acceptors (Lipinski definition) is 4. The third-order valence-electron chi connectivity index (χ3n) is 2.10. The zero-order valence-electron chi connectivity index (χ0n) is 8.09. The van der Waals surface area contributed by atoms with E-state index in [0.29, 0.717) is 6.07 Å². The first-order chi connectivity index (χ1) is 7.47. The van der Waals surface area contributed by atoms with E-state index in [2.05, 4.69) is 0 Å². The molecule has 3 N–H and O–H groups in total. The predicted molar refractivity (Wildman–Crippen MR) is 52.5 cm³/mol. The van der Waals surface area contributed by atoms with Crippen LogP contribution in [0.5, 0.6) is 0 Å². The van der Waals surface area contributed by atoms with Gasteiger partial charge in [0.1, 0.15) is 5.82 Å². The summed E-state index contributed by atoms with van der Waals surface area (Å²) in [5.41, 5.74) is 4.61. The molecule has 0 amide bonds. The molecule has 1 aromatic rings. The molecule has 0 saturated heterocycles. The Morgan fingerprint density at radius 2 is 2.25 bits per heavy atom. The second kappa shape index (κ2) is 4.67. The van der Waals surface area contributed by atoms with E-state index in [4.69, 9.17) is 10.8 Å². The van der Waals surface area contributed by atoms with Gasteiger partial charge in [0.25, 0.3) is 5.69 Å². The van der Waals surface area contributed by atoms with Gasteiger partial charge in [-0.3, -0.25) is 14.9 Å². The third kappa shape index (κ3) is 2.31. The monoisotopic (exact) mass is 228 g/mol. The molecule has 0 bridgehead atoms. The fourth-order valence-corrected chi connectivity index (χ4v) is 1.27. The van der Waals surface area contributed by atoms with Crippen LogP contribution in [-0.2, 0) is 4.79 Å². The molecular weight excluding hydrogens is 219 g/mol. The minimum Gasteiger partial charge on any atom is -0.481 e. The molecule has 7 heteroatoms. The van der Waals surface area contributed by atoms with Crippen molar-refractivity contribution in [3.8, 4) is 0 Å². The average molecular weight is 228 g/mol. The van der Waals surface area contributed by atoms with Crippen molar-refractivity contribution in [2.45, 2.75) is 5.92 Å². The van der Waals surface area contributed by atoms with E-state index in [1.807, 2.05) is 0 Å². The van der Waals surface area contributed by atoms with E-state index in [1.165, 1.54) is 0 Å². The first-order valence-corrected chi connectivity index (χ1v) is 4.34. The lowest BCUT2D eigenvalue weighted by Gasteiger charge is -2.10. The highest BCUT2D eigenvalue weighted by molar-refractivity contribution is 5.76. The Labute approximate surface area is 89.6 Å². The Hall–Kier alpha value is -2.02. The molecule has 1 atom stereocenters. The second-order valence-electron chi connectivity index (χ2n) is 3.09. The van der Waals surface area contributed by atoms with Crippen LogP contribution < -0.4 is 5.73 Å². The van der Waals surface area contributed by atoms with E-state index in [0.717, 1.165) is 12.1 Å². The maximum Gasteiger partial charge on any atom is 0.312 e. The van der Waals surface area contributed by atoms with Crippen molar-refractivity contribution < 1.29 is 19.2 Å². The van der Waals surface area contributed by atoms with Crippen molar-refractivity contribution in [2.75, 3.05) is 6.54 Å². The summed E-state index contributed by atoms with van der Waals surface area (Å²) in [4.78, 5) is 20.3. The van der Waals surface area contributed by atoms with Crippen LogP contribution in [0, 0.1) is 15.9 Å². The topological polar surface area (TPSA) is 106 Å². The van der Waals surface area contributed by atoms with Crippen LogP contribution in [0.4, 0.5) is 10.1 Å². The Kier molecular flexibility index (Phi) is 3.51. The standard InChI is InChI=1S/C9H9FN2O4/c10-8-3-5(12(15)16)1-2-6(8)7(4-11)9(13)14/h1-3,7H,4,11H2,(H,13,14). The summed E-state index contributed by atoms with van der Waals surface area (Å²) in [6, 6.07) is 2.80. The van der Waals surface area contributed by atoms with Gasteiger partial charge in [0.2, 0.25) is 0 Å². The van der Waals surface area contributed by atoms with Crippen LogP contribution in [0.25, 0.3) is 0 Å². The van der Waals surface area contributed by atoms with E-state index in [1.54, 1.807) is 0 Å². The smallest absolute Gasteiger partial charge is 0.312 e. The second-order valence-corrected chi connectivity index (χ2v) is 3.09. The highest BCUT2D eigenvalue weighted by atomic mass is 19.1. The van der Waals surface area contributed by atoms with Gasteiger partial charge in [-0.25, -0.2) is 4.39 Å². The van der Waals surface area contributed by atoms with Crippen LogP contribution in [-0.4, -0.2) is 22.5 Å². The fraction of sp³-hybridized carbons (Fsp3) is 0.222. The third-order valence-corrected chi connectivity index (χ3v) is 2.10. The maximum absolute atomic E-state index is 13.4. The Balaban J connectivity index is 3.16. The van der Waals surface area contributed by atoms with Gasteiger partial charge in [-0.1, -0.05) is 0 Å². The number of nitro groups is 1. The van der Waals surface area contributed by atoms with Gasteiger partial charge in [0, 0.05) is 18.2 Å². The lowest BCUT2D eigenvalue weighted by Crippen LogP contribution is -2.22. The van der Waals surface area contributed by atoms with Crippen LogP contribution in [0.3, 0.4) is 0 Å². The number of carbonyl (C=O) groups is 1. The Morgan fingerprint density at radius 3 is 2.62 bits per heavy atom. The van der Waals surface area contributed by atoms with E-state index >= 15 is 0 Å². The van der Waals surface area contributed by atoms with Gasteiger partial charge >= 0.3 is 5.97 Å². The van der Waals surface area contributed by atoms with Crippen LogP contribution in [0.2, 0.25) is 0 Å². The first-order valence-electron chi connectivity index (χ1n) is 4.34. The number of halogens is 1. The highest BCUT2D eigenvalue weighted by Gasteiger charge is 2.23. The first kappa shape index (κ1) is 12.1. The summed E-state index contributed by atoms with van der Waals surface area (Å²) in [6.07, 6.45) is 0. The van der Waals surface area contributed by atoms with Crippen molar-refractivity contribution >= 4 is 11.7 Å². The number of rotatable bonds is 4. The molecule has 0 aliphatic rings. The molecule has 0 saturated carbocycles. The number of carboxylic acids is 1. The summed E-state index contributed by atoms with van der Waals surface area (Å²) >= 11 is 0. The average Bonchev–Trinajstić information content (AvgIpc) is 2.20. The molecule has 0 aromatic heterocycles. The maximum atomic E-state index is 13.4.